The van der Waals surface area contributed by atoms with Crippen molar-refractivity contribution in [2.75, 3.05) is 27.8 Å². The lowest BCUT2D eigenvalue weighted by atomic mass is 10.1. The molecule has 0 saturated heterocycles. The summed E-state index contributed by atoms with van der Waals surface area (Å²) >= 11 is 5.90. The number of benzene rings is 2. The Bertz CT molecular complexity index is 702. The summed E-state index contributed by atoms with van der Waals surface area (Å²) in [5.74, 6) is 2.19. The molecule has 2 aromatic rings. The molecule has 0 amide bonds. The fraction of sp³-hybridized carbons (Fsp3) is 0.316. The Kier molecular flexibility index (Phi) is 7.41. The van der Waals surface area contributed by atoms with Crippen LogP contribution in [0.25, 0.3) is 0 Å². The maximum atomic E-state index is 5.90. The van der Waals surface area contributed by atoms with Crippen LogP contribution in [-0.2, 0) is 13.0 Å². The topological polar surface area (TPSA) is 54.9 Å². The molecular formula is C19H24ClN3O2. The van der Waals surface area contributed by atoms with Crippen LogP contribution in [0.1, 0.15) is 11.1 Å². The Balaban J connectivity index is 1.83. The van der Waals surface area contributed by atoms with Gasteiger partial charge in [0.1, 0.15) is 0 Å². The summed E-state index contributed by atoms with van der Waals surface area (Å²) in [7, 11) is 5.01. The highest BCUT2D eigenvalue weighted by Crippen LogP contribution is 2.27. The van der Waals surface area contributed by atoms with Crippen LogP contribution in [0.4, 0.5) is 0 Å². The van der Waals surface area contributed by atoms with Gasteiger partial charge in [-0.3, -0.25) is 4.99 Å². The van der Waals surface area contributed by atoms with Crippen molar-refractivity contribution in [3.8, 4) is 11.5 Å². The predicted octanol–water partition coefficient (Wildman–Crippen LogP) is 3.26. The molecule has 6 heteroatoms. The zero-order chi connectivity index (χ0) is 18.1. The summed E-state index contributed by atoms with van der Waals surface area (Å²) in [5.41, 5.74) is 2.31. The molecule has 0 fully saturated rings. The van der Waals surface area contributed by atoms with Gasteiger partial charge in [0.2, 0.25) is 0 Å². The number of methoxy groups -OCH3 is 2. The second-order valence-corrected chi connectivity index (χ2v) is 5.85. The highest BCUT2D eigenvalue weighted by molar-refractivity contribution is 6.30. The number of hydrogen-bond donors (Lipinski definition) is 2. The first-order valence-electron chi connectivity index (χ1n) is 8.06. The highest BCUT2D eigenvalue weighted by atomic mass is 35.5. The molecule has 0 heterocycles. The molecule has 2 rings (SSSR count). The number of hydrogen-bond acceptors (Lipinski definition) is 3. The molecule has 0 aliphatic carbocycles. The average Bonchev–Trinajstić information content (AvgIpc) is 2.65. The fourth-order valence-corrected chi connectivity index (χ4v) is 2.50. The van der Waals surface area contributed by atoms with E-state index in [1.54, 1.807) is 21.3 Å². The molecule has 134 valence electrons. The van der Waals surface area contributed by atoms with Crippen LogP contribution in [0.5, 0.6) is 11.5 Å². The number of aliphatic imine (C=N–C) groups is 1. The molecule has 0 bridgehead atoms. The Morgan fingerprint density at radius 3 is 2.28 bits per heavy atom. The standard InChI is InChI=1S/C19H24ClN3O2/c1-21-19(22-11-10-14-4-7-16(20)8-5-14)23-13-15-6-9-17(24-2)18(12-15)25-3/h4-9,12H,10-11,13H2,1-3H3,(H2,21,22,23). The summed E-state index contributed by atoms with van der Waals surface area (Å²) in [5, 5.41) is 7.35. The maximum absolute atomic E-state index is 5.90. The summed E-state index contributed by atoms with van der Waals surface area (Å²) in [6.07, 6.45) is 0.897. The van der Waals surface area contributed by atoms with Crippen LogP contribution in [0.2, 0.25) is 5.02 Å². The predicted molar refractivity (Wildman–Crippen MR) is 103 cm³/mol. The van der Waals surface area contributed by atoms with Gasteiger partial charge >= 0.3 is 0 Å². The number of ether oxygens (including phenoxy) is 2. The van der Waals surface area contributed by atoms with E-state index >= 15 is 0 Å². The molecule has 25 heavy (non-hydrogen) atoms. The van der Waals surface area contributed by atoms with Crippen molar-refractivity contribution in [3.63, 3.8) is 0 Å². The molecule has 0 aliphatic heterocycles. The quantitative estimate of drug-likeness (QED) is 0.587. The van der Waals surface area contributed by atoms with Crippen LogP contribution in [0.3, 0.4) is 0 Å². The van der Waals surface area contributed by atoms with E-state index in [4.69, 9.17) is 21.1 Å². The van der Waals surface area contributed by atoms with Gasteiger partial charge in [-0.05, 0) is 41.8 Å². The van der Waals surface area contributed by atoms with Crippen LogP contribution in [0.15, 0.2) is 47.5 Å². The van der Waals surface area contributed by atoms with E-state index in [0.29, 0.717) is 12.3 Å². The molecule has 0 saturated carbocycles. The van der Waals surface area contributed by atoms with Crippen molar-refractivity contribution in [1.82, 2.24) is 10.6 Å². The van der Waals surface area contributed by atoms with Crippen molar-refractivity contribution < 1.29 is 9.47 Å². The maximum Gasteiger partial charge on any atom is 0.191 e. The lowest BCUT2D eigenvalue weighted by Crippen LogP contribution is -2.37. The Morgan fingerprint density at radius 2 is 1.64 bits per heavy atom. The number of guanidine groups is 1. The highest BCUT2D eigenvalue weighted by Gasteiger charge is 2.05. The SMILES string of the molecule is CN=C(NCCc1ccc(Cl)cc1)NCc1ccc(OC)c(OC)c1. The molecule has 0 spiro atoms. The van der Waals surface area contributed by atoms with Gasteiger partial charge in [0.15, 0.2) is 17.5 Å². The first kappa shape index (κ1) is 18.9. The minimum absolute atomic E-state index is 0.640. The van der Waals surface area contributed by atoms with Gasteiger partial charge in [0.05, 0.1) is 14.2 Å². The van der Waals surface area contributed by atoms with Crippen LogP contribution >= 0.6 is 11.6 Å². The third kappa shape index (κ3) is 5.87. The average molecular weight is 362 g/mol. The summed E-state index contributed by atoms with van der Waals surface area (Å²) < 4.78 is 10.6. The van der Waals surface area contributed by atoms with Crippen molar-refractivity contribution in [2.45, 2.75) is 13.0 Å². The van der Waals surface area contributed by atoms with E-state index < -0.39 is 0 Å². The third-order valence-corrected chi connectivity index (χ3v) is 4.00. The second kappa shape index (κ2) is 9.79. The smallest absolute Gasteiger partial charge is 0.191 e. The number of halogens is 1. The third-order valence-electron chi connectivity index (χ3n) is 3.75. The van der Waals surface area contributed by atoms with Gasteiger partial charge in [-0.2, -0.15) is 0 Å². The number of rotatable bonds is 7. The summed E-state index contributed by atoms with van der Waals surface area (Å²) in [6, 6.07) is 13.7. The van der Waals surface area contributed by atoms with E-state index in [-0.39, 0.29) is 0 Å². The van der Waals surface area contributed by atoms with E-state index in [1.807, 2.05) is 42.5 Å². The number of nitrogens with one attached hydrogen (secondary N) is 2. The summed E-state index contributed by atoms with van der Waals surface area (Å²) in [4.78, 5) is 4.24. The van der Waals surface area contributed by atoms with Gasteiger partial charge in [-0.1, -0.05) is 29.8 Å². The minimum Gasteiger partial charge on any atom is -0.493 e. The first-order valence-corrected chi connectivity index (χ1v) is 8.44. The van der Waals surface area contributed by atoms with Crippen LogP contribution < -0.4 is 20.1 Å². The molecule has 0 atom stereocenters. The van der Waals surface area contributed by atoms with E-state index in [9.17, 15) is 0 Å². The van der Waals surface area contributed by atoms with E-state index in [0.717, 1.165) is 35.3 Å². The fourth-order valence-electron chi connectivity index (χ4n) is 2.37. The van der Waals surface area contributed by atoms with Crippen molar-refractivity contribution in [2.24, 2.45) is 4.99 Å². The second-order valence-electron chi connectivity index (χ2n) is 5.42. The molecule has 2 aromatic carbocycles. The molecule has 0 aliphatic rings. The molecule has 0 radical (unpaired) electrons. The molecule has 2 N–H and O–H groups in total. The molecular weight excluding hydrogens is 338 g/mol. The first-order chi connectivity index (χ1) is 12.2. The Hall–Kier alpha value is -2.40. The van der Waals surface area contributed by atoms with Crippen molar-refractivity contribution >= 4 is 17.6 Å². The van der Waals surface area contributed by atoms with Crippen molar-refractivity contribution in [1.29, 1.82) is 0 Å². The molecule has 0 unspecified atom stereocenters. The van der Waals surface area contributed by atoms with E-state index in [1.165, 1.54) is 5.56 Å². The van der Waals surface area contributed by atoms with Gasteiger partial charge in [-0.25, -0.2) is 0 Å². The monoisotopic (exact) mass is 361 g/mol. The van der Waals surface area contributed by atoms with Gasteiger partial charge in [0, 0.05) is 25.2 Å². The Morgan fingerprint density at radius 1 is 0.960 bits per heavy atom. The largest absolute Gasteiger partial charge is 0.493 e. The lowest BCUT2D eigenvalue weighted by molar-refractivity contribution is 0.354. The minimum atomic E-state index is 0.640. The van der Waals surface area contributed by atoms with Crippen molar-refractivity contribution in [3.05, 3.63) is 58.6 Å². The van der Waals surface area contributed by atoms with Crippen LogP contribution in [-0.4, -0.2) is 33.8 Å². The Labute approximate surface area is 154 Å². The lowest BCUT2D eigenvalue weighted by Gasteiger charge is -2.13. The number of nitrogens with zero attached hydrogens (tertiary/aromatic N) is 1. The van der Waals surface area contributed by atoms with Gasteiger partial charge in [0.25, 0.3) is 0 Å². The van der Waals surface area contributed by atoms with E-state index in [2.05, 4.69) is 15.6 Å². The van der Waals surface area contributed by atoms with Crippen LogP contribution in [0, 0.1) is 0 Å². The molecule has 5 nitrogen and oxygen atoms in total. The normalized spacial score (nSPS) is 11.1. The zero-order valence-corrected chi connectivity index (χ0v) is 15.6. The van der Waals surface area contributed by atoms with Gasteiger partial charge in [-0.15, -0.1) is 0 Å². The summed E-state index contributed by atoms with van der Waals surface area (Å²) in [6.45, 7) is 1.42. The molecule has 0 aromatic heterocycles. The van der Waals surface area contributed by atoms with Gasteiger partial charge < -0.3 is 20.1 Å². The zero-order valence-electron chi connectivity index (χ0n) is 14.8.